The Bertz CT molecular complexity index is 930. The number of aromatic hydroxyl groups is 1. The predicted octanol–water partition coefficient (Wildman–Crippen LogP) is -0.496. The lowest BCUT2D eigenvalue weighted by Crippen LogP contribution is -2.60. The van der Waals surface area contributed by atoms with Gasteiger partial charge in [-0.2, -0.15) is 0 Å². The zero-order valence-corrected chi connectivity index (χ0v) is 22.1. The molecule has 1 aliphatic heterocycles. The second kappa shape index (κ2) is 13.7. The average Bonchev–Trinajstić information content (AvgIpc) is 2.82. The maximum atomic E-state index is 13.2. The van der Waals surface area contributed by atoms with Crippen molar-refractivity contribution in [2.24, 2.45) is 17.2 Å². The van der Waals surface area contributed by atoms with Crippen molar-refractivity contribution in [1.29, 1.82) is 0 Å². The maximum Gasteiger partial charge on any atom is 0.244 e. The first kappa shape index (κ1) is 29.7. The molecule has 0 aromatic heterocycles. The molecule has 4 amide bonds. The van der Waals surface area contributed by atoms with Gasteiger partial charge in [0.15, 0.2) is 0 Å². The van der Waals surface area contributed by atoms with E-state index in [0.29, 0.717) is 25.8 Å². The highest BCUT2D eigenvalue weighted by Gasteiger charge is 2.39. The van der Waals surface area contributed by atoms with Crippen molar-refractivity contribution < 1.29 is 24.3 Å². The van der Waals surface area contributed by atoms with E-state index in [0.717, 1.165) is 5.56 Å². The number of nitrogens with two attached hydrogens (primary N) is 3. The molecule has 0 spiro atoms. The second-order valence-electron chi connectivity index (χ2n) is 9.20. The van der Waals surface area contributed by atoms with Crippen molar-refractivity contribution in [3.63, 3.8) is 0 Å². The Labute approximate surface area is 218 Å². The number of amides is 4. The van der Waals surface area contributed by atoms with Crippen LogP contribution >= 0.6 is 21.6 Å². The number of carbonyl (C=O) groups is 4. The number of rotatable bonds is 9. The van der Waals surface area contributed by atoms with Crippen molar-refractivity contribution in [2.75, 3.05) is 12.3 Å². The zero-order valence-electron chi connectivity index (χ0n) is 20.5. The van der Waals surface area contributed by atoms with E-state index in [1.54, 1.807) is 26.0 Å². The molecular weight excluding hydrogens is 504 g/mol. The summed E-state index contributed by atoms with van der Waals surface area (Å²) in [5.74, 6) is -1.99. The lowest BCUT2D eigenvalue weighted by atomic mass is 10.0. The van der Waals surface area contributed by atoms with E-state index in [2.05, 4.69) is 16.0 Å². The van der Waals surface area contributed by atoms with Crippen molar-refractivity contribution >= 4 is 45.2 Å². The smallest absolute Gasteiger partial charge is 0.244 e. The molecular formula is C23H36N6O5S2. The molecule has 0 unspecified atom stereocenters. The minimum atomic E-state index is -0.971. The van der Waals surface area contributed by atoms with Crippen LogP contribution in [0.2, 0.25) is 0 Å². The fourth-order valence-corrected chi connectivity index (χ4v) is 6.43. The standard InChI is InChI=1S/C23H36N6O5S2/c1-23(2)18(19(26)31)29-21(33)16(5-3-4-10-24)27-22(34)17(12-35-36-23)28-20(32)15(25)11-13-6-8-14(30)9-7-13/h6-9,15-18,30H,3-5,10-12,24-25H2,1-2H3,(H2,26,31)(H,27,34)(H,28,32)(H,29,33)/t15-,16-,17+,18-/m0/s1. The van der Waals surface area contributed by atoms with Gasteiger partial charge in [-0.1, -0.05) is 33.7 Å². The van der Waals surface area contributed by atoms with Crippen LogP contribution in [0.3, 0.4) is 0 Å². The summed E-state index contributed by atoms with van der Waals surface area (Å²) >= 11 is 0. The average molecular weight is 541 g/mol. The fourth-order valence-electron chi connectivity index (χ4n) is 3.61. The van der Waals surface area contributed by atoms with E-state index in [4.69, 9.17) is 17.2 Å². The zero-order chi connectivity index (χ0) is 26.9. The van der Waals surface area contributed by atoms with Gasteiger partial charge < -0.3 is 38.3 Å². The Balaban J connectivity index is 2.20. The van der Waals surface area contributed by atoms with E-state index in [-0.39, 0.29) is 17.9 Å². The van der Waals surface area contributed by atoms with Crippen LogP contribution in [0, 0.1) is 0 Å². The Morgan fingerprint density at radius 1 is 1.17 bits per heavy atom. The van der Waals surface area contributed by atoms with Gasteiger partial charge in [0.25, 0.3) is 0 Å². The molecule has 0 saturated carbocycles. The molecule has 2 rings (SSSR count). The highest BCUT2D eigenvalue weighted by Crippen LogP contribution is 2.38. The highest BCUT2D eigenvalue weighted by molar-refractivity contribution is 8.77. The number of unbranched alkanes of at least 4 members (excludes halogenated alkanes) is 1. The summed E-state index contributed by atoms with van der Waals surface area (Å²) in [4.78, 5) is 51.2. The molecule has 1 aliphatic rings. The van der Waals surface area contributed by atoms with Gasteiger partial charge in [-0.15, -0.1) is 0 Å². The van der Waals surface area contributed by atoms with Crippen LogP contribution in [0.25, 0.3) is 0 Å². The number of phenols is 1. The van der Waals surface area contributed by atoms with E-state index in [9.17, 15) is 24.3 Å². The number of hydrogen-bond donors (Lipinski definition) is 7. The van der Waals surface area contributed by atoms with Gasteiger partial charge in [-0.3, -0.25) is 19.2 Å². The summed E-state index contributed by atoms with van der Waals surface area (Å²) < 4.78 is -0.787. The Morgan fingerprint density at radius 3 is 2.44 bits per heavy atom. The molecule has 1 aromatic carbocycles. The quantitative estimate of drug-likeness (QED) is 0.159. The Kier molecular flexibility index (Phi) is 11.3. The molecule has 13 heteroatoms. The molecule has 1 fully saturated rings. The van der Waals surface area contributed by atoms with Gasteiger partial charge in [-0.25, -0.2) is 0 Å². The van der Waals surface area contributed by atoms with Gasteiger partial charge in [0, 0.05) is 10.5 Å². The maximum absolute atomic E-state index is 13.2. The molecule has 10 N–H and O–H groups in total. The van der Waals surface area contributed by atoms with E-state index in [1.165, 1.54) is 33.7 Å². The SMILES string of the molecule is CC1(C)SSC[C@@H](NC(=O)[C@@H](N)Cc2ccc(O)cc2)C(=O)N[C@@H](CCCCN)C(=O)N[C@H]1C(N)=O. The summed E-state index contributed by atoms with van der Waals surface area (Å²) in [6.07, 6.45) is 1.75. The molecule has 1 aromatic rings. The number of primary amides is 1. The lowest BCUT2D eigenvalue weighted by Gasteiger charge is -2.32. The van der Waals surface area contributed by atoms with Crippen LogP contribution in [0.5, 0.6) is 5.75 Å². The third-order valence-electron chi connectivity index (χ3n) is 5.72. The van der Waals surface area contributed by atoms with Crippen LogP contribution in [0.15, 0.2) is 24.3 Å². The van der Waals surface area contributed by atoms with Crippen LogP contribution < -0.4 is 33.2 Å². The first-order chi connectivity index (χ1) is 16.9. The normalized spacial score (nSPS) is 23.5. The minimum absolute atomic E-state index is 0.104. The van der Waals surface area contributed by atoms with Crippen LogP contribution in [0.4, 0.5) is 0 Å². The molecule has 1 saturated heterocycles. The molecule has 0 aliphatic carbocycles. The first-order valence-electron chi connectivity index (χ1n) is 11.7. The van der Waals surface area contributed by atoms with Crippen molar-refractivity contribution in [1.82, 2.24) is 16.0 Å². The summed E-state index contributed by atoms with van der Waals surface area (Å²) in [5.41, 5.74) is 18.0. The number of hydrogen-bond acceptors (Lipinski definition) is 9. The van der Waals surface area contributed by atoms with Crippen molar-refractivity contribution in [3.8, 4) is 5.75 Å². The largest absolute Gasteiger partial charge is 0.508 e. The molecule has 200 valence electrons. The van der Waals surface area contributed by atoms with Gasteiger partial charge in [0.2, 0.25) is 23.6 Å². The molecule has 0 radical (unpaired) electrons. The molecule has 11 nitrogen and oxygen atoms in total. The number of phenolic OH excluding ortho intramolecular Hbond substituents is 1. The number of carbonyl (C=O) groups excluding carboxylic acids is 4. The predicted molar refractivity (Wildman–Crippen MR) is 142 cm³/mol. The van der Waals surface area contributed by atoms with E-state index < -0.39 is 52.5 Å². The van der Waals surface area contributed by atoms with Gasteiger partial charge >= 0.3 is 0 Å². The monoisotopic (exact) mass is 540 g/mol. The van der Waals surface area contributed by atoms with E-state index >= 15 is 0 Å². The third-order valence-corrected chi connectivity index (χ3v) is 9.02. The number of nitrogens with one attached hydrogen (secondary N) is 3. The second-order valence-corrected chi connectivity index (χ2v) is 12.2. The molecule has 4 atom stereocenters. The minimum Gasteiger partial charge on any atom is -0.508 e. The first-order valence-corrected chi connectivity index (χ1v) is 14.0. The highest BCUT2D eigenvalue weighted by atomic mass is 33.1. The number of benzene rings is 1. The Morgan fingerprint density at radius 2 is 1.83 bits per heavy atom. The molecule has 1 heterocycles. The van der Waals surface area contributed by atoms with Crippen molar-refractivity contribution in [3.05, 3.63) is 29.8 Å². The van der Waals surface area contributed by atoms with Crippen LogP contribution in [-0.2, 0) is 25.6 Å². The summed E-state index contributed by atoms with van der Waals surface area (Å²) in [5, 5.41) is 17.5. The van der Waals surface area contributed by atoms with Gasteiger partial charge in [0.05, 0.1) is 6.04 Å². The van der Waals surface area contributed by atoms with E-state index in [1.807, 2.05) is 0 Å². The van der Waals surface area contributed by atoms with Crippen molar-refractivity contribution in [2.45, 2.75) is 68.4 Å². The topological polar surface area (TPSA) is 203 Å². The van der Waals surface area contributed by atoms with Gasteiger partial charge in [0.1, 0.15) is 23.9 Å². The van der Waals surface area contributed by atoms with Crippen LogP contribution in [-0.4, -0.2) is 69.9 Å². The third kappa shape index (κ3) is 8.87. The summed E-state index contributed by atoms with van der Waals surface area (Å²) in [6.45, 7) is 3.99. The van der Waals surface area contributed by atoms with Gasteiger partial charge in [-0.05, 0) is 63.8 Å². The molecule has 36 heavy (non-hydrogen) atoms. The summed E-state index contributed by atoms with van der Waals surface area (Å²) in [7, 11) is 2.57. The fraction of sp³-hybridized carbons (Fsp3) is 0.565. The Hall–Kier alpha value is -2.48. The summed E-state index contributed by atoms with van der Waals surface area (Å²) in [6, 6.07) is 2.53. The molecule has 0 bridgehead atoms. The van der Waals surface area contributed by atoms with Crippen LogP contribution in [0.1, 0.15) is 38.7 Å². The lowest BCUT2D eigenvalue weighted by molar-refractivity contribution is -0.133.